The van der Waals surface area contributed by atoms with Gasteiger partial charge in [-0.25, -0.2) is 8.42 Å². The SMILES string of the molecule is COc1ccc(N([C@H](C)C(=O)N2CCCc3ccccc32)S(C)(=O)=O)cc1. The lowest BCUT2D eigenvalue weighted by atomic mass is 10.0. The molecule has 144 valence electrons. The summed E-state index contributed by atoms with van der Waals surface area (Å²) in [5, 5.41) is 0. The molecule has 0 fully saturated rings. The summed E-state index contributed by atoms with van der Waals surface area (Å²) < 4.78 is 31.3. The summed E-state index contributed by atoms with van der Waals surface area (Å²) in [5.41, 5.74) is 2.41. The molecule has 2 aromatic carbocycles. The van der Waals surface area contributed by atoms with Crippen molar-refractivity contribution in [3.05, 3.63) is 54.1 Å². The number of amides is 1. The van der Waals surface area contributed by atoms with E-state index >= 15 is 0 Å². The molecule has 1 heterocycles. The zero-order valence-electron chi connectivity index (χ0n) is 15.8. The number of hydrogen-bond acceptors (Lipinski definition) is 4. The molecule has 0 saturated carbocycles. The third-order valence-corrected chi connectivity index (χ3v) is 6.01. The molecule has 6 nitrogen and oxygen atoms in total. The maximum Gasteiger partial charge on any atom is 0.250 e. The van der Waals surface area contributed by atoms with Gasteiger partial charge < -0.3 is 9.64 Å². The zero-order valence-corrected chi connectivity index (χ0v) is 16.6. The van der Waals surface area contributed by atoms with E-state index in [-0.39, 0.29) is 5.91 Å². The Kier molecular flexibility index (Phi) is 5.41. The van der Waals surface area contributed by atoms with Gasteiger partial charge in [-0.15, -0.1) is 0 Å². The molecule has 1 aliphatic rings. The minimum absolute atomic E-state index is 0.233. The number of para-hydroxylation sites is 1. The van der Waals surface area contributed by atoms with E-state index in [1.807, 2.05) is 24.3 Å². The van der Waals surface area contributed by atoms with Crippen LogP contribution in [-0.4, -0.2) is 40.3 Å². The number of carbonyl (C=O) groups excluding carboxylic acids is 1. The number of hydrogen-bond donors (Lipinski definition) is 0. The fourth-order valence-electron chi connectivity index (χ4n) is 3.52. The van der Waals surface area contributed by atoms with Gasteiger partial charge in [0.2, 0.25) is 10.0 Å². The summed E-state index contributed by atoms with van der Waals surface area (Å²) in [6.45, 7) is 2.21. The van der Waals surface area contributed by atoms with Gasteiger partial charge in [0.05, 0.1) is 19.1 Å². The molecule has 0 aromatic heterocycles. The lowest BCUT2D eigenvalue weighted by molar-refractivity contribution is -0.119. The Balaban J connectivity index is 1.95. The highest BCUT2D eigenvalue weighted by Gasteiger charge is 2.34. The van der Waals surface area contributed by atoms with Crippen LogP contribution in [-0.2, 0) is 21.2 Å². The second-order valence-corrected chi connectivity index (χ2v) is 8.51. The molecule has 0 spiro atoms. The topological polar surface area (TPSA) is 66.9 Å². The van der Waals surface area contributed by atoms with Crippen molar-refractivity contribution in [2.45, 2.75) is 25.8 Å². The summed E-state index contributed by atoms with van der Waals surface area (Å²) in [6.07, 6.45) is 2.89. The predicted octanol–water partition coefficient (Wildman–Crippen LogP) is 2.83. The van der Waals surface area contributed by atoms with E-state index in [1.54, 1.807) is 43.2 Å². The average Bonchev–Trinajstić information content (AvgIpc) is 2.66. The first-order valence-electron chi connectivity index (χ1n) is 8.85. The number of carbonyl (C=O) groups is 1. The maximum absolute atomic E-state index is 13.2. The second kappa shape index (κ2) is 7.60. The van der Waals surface area contributed by atoms with Crippen LogP contribution in [0.1, 0.15) is 18.9 Å². The third kappa shape index (κ3) is 3.93. The van der Waals surface area contributed by atoms with E-state index in [0.717, 1.165) is 30.3 Å². The first-order chi connectivity index (χ1) is 12.8. The lowest BCUT2D eigenvalue weighted by Gasteiger charge is -2.35. The molecular weight excluding hydrogens is 364 g/mol. The maximum atomic E-state index is 13.2. The van der Waals surface area contributed by atoms with Crippen molar-refractivity contribution in [3.63, 3.8) is 0 Å². The summed E-state index contributed by atoms with van der Waals surface area (Å²) in [7, 11) is -2.11. The number of rotatable bonds is 5. The zero-order chi connectivity index (χ0) is 19.6. The number of sulfonamides is 1. The molecule has 1 amide bonds. The van der Waals surface area contributed by atoms with Crippen molar-refractivity contribution < 1.29 is 17.9 Å². The van der Waals surface area contributed by atoms with Crippen molar-refractivity contribution >= 4 is 27.3 Å². The van der Waals surface area contributed by atoms with Crippen LogP contribution in [0.15, 0.2) is 48.5 Å². The van der Waals surface area contributed by atoms with E-state index in [1.165, 1.54) is 4.31 Å². The van der Waals surface area contributed by atoms with Crippen LogP contribution in [0, 0.1) is 0 Å². The van der Waals surface area contributed by atoms with Crippen molar-refractivity contribution in [2.24, 2.45) is 0 Å². The Bertz CT molecular complexity index is 925. The van der Waals surface area contributed by atoms with Crippen LogP contribution in [0.25, 0.3) is 0 Å². The van der Waals surface area contributed by atoms with Crippen molar-refractivity contribution in [3.8, 4) is 5.75 Å². The number of ether oxygens (including phenoxy) is 1. The molecule has 0 radical (unpaired) electrons. The highest BCUT2D eigenvalue weighted by molar-refractivity contribution is 7.92. The number of benzene rings is 2. The molecule has 7 heteroatoms. The van der Waals surface area contributed by atoms with Crippen molar-refractivity contribution in [1.82, 2.24) is 0 Å². The van der Waals surface area contributed by atoms with Crippen LogP contribution in [0.5, 0.6) is 5.75 Å². The van der Waals surface area contributed by atoms with Crippen molar-refractivity contribution in [1.29, 1.82) is 0 Å². The van der Waals surface area contributed by atoms with Gasteiger partial charge in [-0.3, -0.25) is 9.10 Å². The van der Waals surface area contributed by atoms with Gasteiger partial charge in [0.25, 0.3) is 5.91 Å². The molecule has 0 unspecified atom stereocenters. The molecule has 1 atom stereocenters. The minimum Gasteiger partial charge on any atom is -0.497 e. The highest BCUT2D eigenvalue weighted by atomic mass is 32.2. The number of aryl methyl sites for hydroxylation is 1. The van der Waals surface area contributed by atoms with Crippen LogP contribution in [0.3, 0.4) is 0 Å². The fraction of sp³-hybridized carbons (Fsp3) is 0.350. The Hall–Kier alpha value is -2.54. The molecule has 27 heavy (non-hydrogen) atoms. The van der Waals surface area contributed by atoms with E-state index < -0.39 is 16.1 Å². The molecule has 0 aliphatic carbocycles. The Labute approximate surface area is 160 Å². The average molecular weight is 388 g/mol. The Morgan fingerprint density at radius 2 is 1.81 bits per heavy atom. The third-order valence-electron chi connectivity index (χ3n) is 4.77. The second-order valence-electron chi connectivity index (χ2n) is 6.65. The molecule has 0 bridgehead atoms. The number of anilines is 2. The molecule has 3 rings (SSSR count). The molecule has 1 aliphatic heterocycles. The lowest BCUT2D eigenvalue weighted by Crippen LogP contribution is -2.50. The quantitative estimate of drug-likeness (QED) is 0.790. The van der Waals surface area contributed by atoms with Gasteiger partial charge >= 0.3 is 0 Å². The van der Waals surface area contributed by atoms with Crippen LogP contribution >= 0.6 is 0 Å². The predicted molar refractivity (Wildman–Crippen MR) is 107 cm³/mol. The molecule has 0 N–H and O–H groups in total. The summed E-state index contributed by atoms with van der Waals surface area (Å²) in [5.74, 6) is 0.388. The molecular formula is C20H24N2O4S. The smallest absolute Gasteiger partial charge is 0.250 e. The Morgan fingerprint density at radius 1 is 1.15 bits per heavy atom. The summed E-state index contributed by atoms with van der Waals surface area (Å²) >= 11 is 0. The largest absolute Gasteiger partial charge is 0.497 e. The van der Waals surface area contributed by atoms with Gasteiger partial charge in [-0.2, -0.15) is 0 Å². The first kappa shape index (κ1) is 19.2. The van der Waals surface area contributed by atoms with E-state index in [4.69, 9.17) is 4.74 Å². The van der Waals surface area contributed by atoms with E-state index in [0.29, 0.717) is 18.0 Å². The fourth-order valence-corrected chi connectivity index (χ4v) is 4.69. The number of fused-ring (bicyclic) bond motifs is 1. The first-order valence-corrected chi connectivity index (χ1v) is 10.7. The molecule has 0 saturated heterocycles. The monoisotopic (exact) mass is 388 g/mol. The van der Waals surface area contributed by atoms with Crippen LogP contribution in [0.2, 0.25) is 0 Å². The van der Waals surface area contributed by atoms with Gasteiger partial charge in [0.1, 0.15) is 11.8 Å². The van der Waals surface area contributed by atoms with Crippen molar-refractivity contribution in [2.75, 3.05) is 29.1 Å². The Morgan fingerprint density at radius 3 is 2.44 bits per heavy atom. The van der Waals surface area contributed by atoms with Gasteiger partial charge in [-0.05, 0) is 55.7 Å². The van der Waals surface area contributed by atoms with E-state index in [2.05, 4.69) is 0 Å². The summed E-state index contributed by atoms with van der Waals surface area (Å²) in [4.78, 5) is 14.9. The number of methoxy groups -OCH3 is 1. The highest BCUT2D eigenvalue weighted by Crippen LogP contribution is 2.30. The minimum atomic E-state index is -3.65. The van der Waals surface area contributed by atoms with Crippen LogP contribution < -0.4 is 13.9 Å². The van der Waals surface area contributed by atoms with Gasteiger partial charge in [0, 0.05) is 12.2 Å². The van der Waals surface area contributed by atoms with E-state index in [9.17, 15) is 13.2 Å². The number of nitrogens with zero attached hydrogens (tertiary/aromatic N) is 2. The normalized spacial score (nSPS) is 15.0. The standard InChI is InChI=1S/C20H24N2O4S/c1-15(20(23)21-14-6-8-16-7-4-5-9-19(16)21)22(27(3,24)25)17-10-12-18(26-2)13-11-17/h4-5,7,9-13,15H,6,8,14H2,1-3H3/t15-/m1/s1. The molecule has 2 aromatic rings. The summed E-state index contributed by atoms with van der Waals surface area (Å²) in [6, 6.07) is 13.6. The van der Waals surface area contributed by atoms with Gasteiger partial charge in [0.15, 0.2) is 0 Å². The van der Waals surface area contributed by atoms with Crippen LogP contribution in [0.4, 0.5) is 11.4 Å². The van der Waals surface area contributed by atoms with Gasteiger partial charge in [-0.1, -0.05) is 18.2 Å².